The second-order valence-electron chi connectivity index (χ2n) is 5.11. The van der Waals surface area contributed by atoms with E-state index >= 15 is 0 Å². The van der Waals surface area contributed by atoms with Gasteiger partial charge in [-0.2, -0.15) is 0 Å². The first-order valence-electron chi connectivity index (χ1n) is 7.13. The third-order valence-corrected chi connectivity index (χ3v) is 3.67. The van der Waals surface area contributed by atoms with E-state index in [0.717, 1.165) is 43.4 Å². The number of aryl methyl sites for hydroxylation is 1. The van der Waals surface area contributed by atoms with Crippen LogP contribution >= 0.6 is 0 Å². The van der Waals surface area contributed by atoms with Gasteiger partial charge < -0.3 is 9.80 Å². The maximum atomic E-state index is 12.4. The highest BCUT2D eigenvalue weighted by molar-refractivity contribution is 5.94. The minimum atomic E-state index is 0.106. The van der Waals surface area contributed by atoms with Crippen molar-refractivity contribution in [1.82, 2.24) is 14.9 Å². The minimum Gasteiger partial charge on any atom is -0.353 e. The summed E-state index contributed by atoms with van der Waals surface area (Å²) in [6.07, 6.45) is 1.78. The molecule has 1 aliphatic rings. The number of aromatic nitrogens is 2. The van der Waals surface area contributed by atoms with Crippen LogP contribution in [-0.4, -0.2) is 47.0 Å². The molecule has 1 aromatic heterocycles. The van der Waals surface area contributed by atoms with Crippen LogP contribution in [-0.2, 0) is 0 Å². The van der Waals surface area contributed by atoms with Crippen LogP contribution in [0.5, 0.6) is 0 Å². The Morgan fingerprint density at radius 1 is 1.05 bits per heavy atom. The SMILES string of the molecule is Cc1nccc(N2CCN(C(=O)c3ccccc3)CC2)n1. The Morgan fingerprint density at radius 2 is 1.76 bits per heavy atom. The number of hydrogen-bond donors (Lipinski definition) is 0. The summed E-state index contributed by atoms with van der Waals surface area (Å²) in [5.41, 5.74) is 0.754. The van der Waals surface area contributed by atoms with Gasteiger partial charge in [0.15, 0.2) is 0 Å². The highest BCUT2D eigenvalue weighted by Gasteiger charge is 2.22. The van der Waals surface area contributed by atoms with Crippen molar-refractivity contribution in [1.29, 1.82) is 0 Å². The van der Waals surface area contributed by atoms with E-state index in [1.807, 2.05) is 48.2 Å². The molecule has 3 rings (SSSR count). The molecule has 21 heavy (non-hydrogen) atoms. The fourth-order valence-corrected chi connectivity index (χ4v) is 2.52. The van der Waals surface area contributed by atoms with Gasteiger partial charge in [0.05, 0.1) is 0 Å². The van der Waals surface area contributed by atoms with Gasteiger partial charge in [0.2, 0.25) is 0 Å². The van der Waals surface area contributed by atoms with Crippen LogP contribution in [0.4, 0.5) is 5.82 Å². The predicted octanol–water partition coefficient (Wildman–Crippen LogP) is 1.75. The molecule has 1 aliphatic heterocycles. The molecule has 108 valence electrons. The van der Waals surface area contributed by atoms with Crippen molar-refractivity contribution in [2.24, 2.45) is 0 Å². The summed E-state index contributed by atoms with van der Waals surface area (Å²) in [6, 6.07) is 11.4. The fraction of sp³-hybridized carbons (Fsp3) is 0.312. The Labute approximate surface area is 124 Å². The summed E-state index contributed by atoms with van der Waals surface area (Å²) < 4.78 is 0. The van der Waals surface area contributed by atoms with Gasteiger partial charge in [-0.1, -0.05) is 18.2 Å². The number of benzene rings is 1. The monoisotopic (exact) mass is 282 g/mol. The molecule has 0 bridgehead atoms. The van der Waals surface area contributed by atoms with Crippen molar-refractivity contribution in [2.45, 2.75) is 6.92 Å². The normalized spacial score (nSPS) is 15.1. The van der Waals surface area contributed by atoms with Crippen molar-refractivity contribution >= 4 is 11.7 Å². The van der Waals surface area contributed by atoms with Crippen LogP contribution in [0.15, 0.2) is 42.6 Å². The summed E-state index contributed by atoms with van der Waals surface area (Å²) in [5.74, 6) is 1.82. The standard InChI is InChI=1S/C16H18N4O/c1-13-17-8-7-15(18-13)19-9-11-20(12-10-19)16(21)14-5-3-2-4-6-14/h2-8H,9-12H2,1H3. The lowest BCUT2D eigenvalue weighted by Crippen LogP contribution is -2.49. The van der Waals surface area contributed by atoms with Crippen molar-refractivity contribution < 1.29 is 4.79 Å². The van der Waals surface area contributed by atoms with Crippen LogP contribution < -0.4 is 4.90 Å². The van der Waals surface area contributed by atoms with E-state index in [-0.39, 0.29) is 5.91 Å². The Balaban J connectivity index is 1.64. The van der Waals surface area contributed by atoms with Crippen LogP contribution in [0.3, 0.4) is 0 Å². The maximum Gasteiger partial charge on any atom is 0.253 e. The molecule has 1 aromatic carbocycles. The van der Waals surface area contributed by atoms with Crippen molar-refractivity contribution in [3.63, 3.8) is 0 Å². The average molecular weight is 282 g/mol. The molecule has 0 atom stereocenters. The summed E-state index contributed by atoms with van der Waals surface area (Å²) in [6.45, 7) is 4.93. The number of nitrogens with zero attached hydrogens (tertiary/aromatic N) is 4. The zero-order chi connectivity index (χ0) is 14.7. The van der Waals surface area contributed by atoms with E-state index in [0.29, 0.717) is 0 Å². The first-order chi connectivity index (χ1) is 10.2. The largest absolute Gasteiger partial charge is 0.353 e. The van der Waals surface area contributed by atoms with Crippen LogP contribution in [0, 0.1) is 6.92 Å². The Bertz CT molecular complexity index is 621. The second kappa shape index (κ2) is 5.91. The number of hydrogen-bond acceptors (Lipinski definition) is 4. The Morgan fingerprint density at radius 3 is 2.43 bits per heavy atom. The topological polar surface area (TPSA) is 49.3 Å². The molecule has 0 saturated carbocycles. The molecule has 5 heteroatoms. The third-order valence-electron chi connectivity index (χ3n) is 3.67. The molecule has 2 aromatic rings. The molecule has 0 aliphatic carbocycles. The highest BCUT2D eigenvalue weighted by atomic mass is 16.2. The lowest BCUT2D eigenvalue weighted by atomic mass is 10.2. The predicted molar refractivity (Wildman–Crippen MR) is 81.3 cm³/mol. The first kappa shape index (κ1) is 13.5. The minimum absolute atomic E-state index is 0.106. The average Bonchev–Trinajstić information content (AvgIpc) is 2.55. The summed E-state index contributed by atoms with van der Waals surface area (Å²) >= 11 is 0. The lowest BCUT2D eigenvalue weighted by Gasteiger charge is -2.35. The van der Waals surface area contributed by atoms with E-state index in [1.165, 1.54) is 0 Å². The van der Waals surface area contributed by atoms with Gasteiger partial charge in [0.25, 0.3) is 5.91 Å². The fourth-order valence-electron chi connectivity index (χ4n) is 2.52. The van der Waals surface area contributed by atoms with Crippen molar-refractivity contribution in [3.05, 3.63) is 54.0 Å². The van der Waals surface area contributed by atoms with Crippen LogP contribution in [0.1, 0.15) is 16.2 Å². The van der Waals surface area contributed by atoms with Crippen molar-refractivity contribution in [2.75, 3.05) is 31.1 Å². The van der Waals surface area contributed by atoms with Crippen LogP contribution in [0.2, 0.25) is 0 Å². The van der Waals surface area contributed by atoms with Crippen molar-refractivity contribution in [3.8, 4) is 0 Å². The van der Waals surface area contributed by atoms with Gasteiger partial charge >= 0.3 is 0 Å². The molecule has 2 heterocycles. The zero-order valence-electron chi connectivity index (χ0n) is 12.1. The quantitative estimate of drug-likeness (QED) is 0.842. The molecule has 0 spiro atoms. The highest BCUT2D eigenvalue weighted by Crippen LogP contribution is 2.14. The smallest absolute Gasteiger partial charge is 0.253 e. The lowest BCUT2D eigenvalue weighted by molar-refractivity contribution is 0.0746. The summed E-state index contributed by atoms with van der Waals surface area (Å²) in [5, 5.41) is 0. The zero-order valence-corrected chi connectivity index (χ0v) is 12.1. The number of carbonyl (C=O) groups is 1. The number of piperazine rings is 1. The summed E-state index contributed by atoms with van der Waals surface area (Å²) in [7, 11) is 0. The maximum absolute atomic E-state index is 12.4. The molecule has 1 amide bonds. The molecule has 0 radical (unpaired) electrons. The molecule has 1 fully saturated rings. The van der Waals surface area contributed by atoms with Gasteiger partial charge in [-0.25, -0.2) is 9.97 Å². The Kier molecular flexibility index (Phi) is 3.81. The Hall–Kier alpha value is -2.43. The number of rotatable bonds is 2. The molecule has 1 saturated heterocycles. The van der Waals surface area contributed by atoms with Crippen LogP contribution in [0.25, 0.3) is 0 Å². The number of amides is 1. The van der Waals surface area contributed by atoms with E-state index in [9.17, 15) is 4.79 Å². The van der Waals surface area contributed by atoms with Gasteiger partial charge in [0, 0.05) is 37.9 Å². The molecular formula is C16H18N4O. The molecule has 0 unspecified atom stereocenters. The third kappa shape index (κ3) is 3.02. The molecular weight excluding hydrogens is 264 g/mol. The summed E-state index contributed by atoms with van der Waals surface area (Å²) in [4.78, 5) is 25.0. The second-order valence-corrected chi connectivity index (χ2v) is 5.11. The number of carbonyl (C=O) groups excluding carboxylic acids is 1. The van der Waals surface area contributed by atoms with Gasteiger partial charge in [-0.05, 0) is 25.1 Å². The molecule has 5 nitrogen and oxygen atoms in total. The first-order valence-corrected chi connectivity index (χ1v) is 7.13. The molecule has 0 N–H and O–H groups in total. The van der Waals surface area contributed by atoms with E-state index in [4.69, 9.17) is 0 Å². The van der Waals surface area contributed by atoms with Gasteiger partial charge in [0.1, 0.15) is 11.6 Å². The van der Waals surface area contributed by atoms with E-state index in [1.54, 1.807) is 6.20 Å². The van der Waals surface area contributed by atoms with Gasteiger partial charge in [-0.15, -0.1) is 0 Å². The van der Waals surface area contributed by atoms with E-state index in [2.05, 4.69) is 14.9 Å². The number of anilines is 1. The van der Waals surface area contributed by atoms with Gasteiger partial charge in [-0.3, -0.25) is 4.79 Å². The van der Waals surface area contributed by atoms with E-state index < -0.39 is 0 Å².